The van der Waals surface area contributed by atoms with Gasteiger partial charge in [0.1, 0.15) is 0 Å². The molecule has 1 amide bonds. The number of aryl methyl sites for hydroxylation is 1. The second kappa shape index (κ2) is 7.75. The van der Waals surface area contributed by atoms with Gasteiger partial charge >= 0.3 is 5.97 Å². The molecule has 1 atom stereocenters. The van der Waals surface area contributed by atoms with Crippen LogP contribution < -0.4 is 10.2 Å². The van der Waals surface area contributed by atoms with E-state index in [0.717, 1.165) is 16.9 Å². The Morgan fingerprint density at radius 1 is 1.10 bits per heavy atom. The van der Waals surface area contributed by atoms with Crippen LogP contribution in [0.1, 0.15) is 45.1 Å². The maximum atomic E-state index is 13.1. The first kappa shape index (κ1) is 18.7. The van der Waals surface area contributed by atoms with Gasteiger partial charge in [0, 0.05) is 17.6 Å². The first-order valence-corrected chi connectivity index (χ1v) is 9.47. The molecule has 0 spiro atoms. The molecule has 146 valence electrons. The molecule has 0 fully saturated rings. The average molecular weight is 387 g/mol. The summed E-state index contributed by atoms with van der Waals surface area (Å²) in [6.07, 6.45) is 1.23. The van der Waals surface area contributed by atoms with Crippen molar-refractivity contribution in [3.8, 4) is 0 Å². The Balaban J connectivity index is 1.66. The van der Waals surface area contributed by atoms with Crippen LogP contribution >= 0.6 is 0 Å². The Bertz CT molecular complexity index is 1050. The van der Waals surface area contributed by atoms with Gasteiger partial charge in [-0.15, -0.1) is 0 Å². The number of esters is 1. The standard InChI is InChI=1S/C23H21N3O3/c1-3-29-23(28)16-8-10-17(11-9-16)25-21-20-19(5-4-14-24-20)22(27)26(21)18-12-6-15(2)7-13-18/h4-14,21,25H,3H2,1-2H3/t21-/m1/s1. The number of hydrogen-bond donors (Lipinski definition) is 1. The second-order valence-electron chi connectivity index (χ2n) is 6.79. The lowest BCUT2D eigenvalue weighted by molar-refractivity contribution is 0.0526. The third kappa shape index (κ3) is 3.57. The monoisotopic (exact) mass is 387 g/mol. The van der Waals surface area contributed by atoms with E-state index in [4.69, 9.17) is 4.74 Å². The van der Waals surface area contributed by atoms with E-state index in [9.17, 15) is 9.59 Å². The third-order valence-electron chi connectivity index (χ3n) is 4.82. The van der Waals surface area contributed by atoms with Crippen molar-refractivity contribution in [3.05, 3.63) is 89.2 Å². The lowest BCUT2D eigenvalue weighted by Crippen LogP contribution is -2.32. The molecule has 1 aliphatic heterocycles. The maximum Gasteiger partial charge on any atom is 0.338 e. The van der Waals surface area contributed by atoms with E-state index in [-0.39, 0.29) is 11.9 Å². The molecule has 0 saturated heterocycles. The zero-order valence-electron chi connectivity index (χ0n) is 16.3. The Labute approximate surface area is 169 Å². The number of nitrogens with one attached hydrogen (secondary N) is 1. The van der Waals surface area contributed by atoms with Gasteiger partial charge < -0.3 is 10.1 Å². The lowest BCUT2D eigenvalue weighted by Gasteiger charge is -2.26. The van der Waals surface area contributed by atoms with E-state index in [1.165, 1.54) is 0 Å². The van der Waals surface area contributed by atoms with Gasteiger partial charge in [0.15, 0.2) is 6.17 Å². The zero-order chi connectivity index (χ0) is 20.4. The summed E-state index contributed by atoms with van der Waals surface area (Å²) in [6, 6.07) is 18.4. The lowest BCUT2D eigenvalue weighted by atomic mass is 10.2. The summed E-state index contributed by atoms with van der Waals surface area (Å²) in [4.78, 5) is 31.1. The number of hydrogen-bond acceptors (Lipinski definition) is 5. The molecule has 0 saturated carbocycles. The van der Waals surface area contributed by atoms with Crippen LogP contribution in [0.15, 0.2) is 66.9 Å². The van der Waals surface area contributed by atoms with Gasteiger partial charge in [0.2, 0.25) is 0 Å². The smallest absolute Gasteiger partial charge is 0.338 e. The predicted molar refractivity (Wildman–Crippen MR) is 111 cm³/mol. The first-order chi connectivity index (χ1) is 14.1. The van der Waals surface area contributed by atoms with Gasteiger partial charge in [-0.05, 0) is 62.4 Å². The molecule has 2 heterocycles. The number of nitrogens with zero attached hydrogens (tertiary/aromatic N) is 2. The zero-order valence-corrected chi connectivity index (χ0v) is 16.3. The molecular weight excluding hydrogens is 366 g/mol. The van der Waals surface area contributed by atoms with Crippen molar-refractivity contribution in [3.63, 3.8) is 0 Å². The van der Waals surface area contributed by atoms with Gasteiger partial charge in [0.05, 0.1) is 23.4 Å². The fourth-order valence-electron chi connectivity index (χ4n) is 3.36. The summed E-state index contributed by atoms with van der Waals surface area (Å²) in [6.45, 7) is 4.11. The van der Waals surface area contributed by atoms with Gasteiger partial charge in [0.25, 0.3) is 5.91 Å². The Kier molecular flexibility index (Phi) is 4.99. The summed E-state index contributed by atoms with van der Waals surface area (Å²) < 4.78 is 5.02. The maximum absolute atomic E-state index is 13.1. The van der Waals surface area contributed by atoms with Crippen LogP contribution in [0, 0.1) is 6.92 Å². The second-order valence-corrected chi connectivity index (χ2v) is 6.79. The van der Waals surface area contributed by atoms with E-state index in [2.05, 4.69) is 10.3 Å². The molecular formula is C23H21N3O3. The average Bonchev–Trinajstić information content (AvgIpc) is 3.01. The van der Waals surface area contributed by atoms with Crippen LogP contribution in [0.2, 0.25) is 0 Å². The molecule has 0 radical (unpaired) electrons. The number of amides is 1. The van der Waals surface area contributed by atoms with E-state index in [1.54, 1.807) is 54.4 Å². The van der Waals surface area contributed by atoms with Gasteiger partial charge in [-0.25, -0.2) is 4.79 Å². The molecule has 3 aromatic rings. The summed E-state index contributed by atoms with van der Waals surface area (Å²) >= 11 is 0. The molecule has 1 aromatic heterocycles. The highest BCUT2D eigenvalue weighted by Gasteiger charge is 2.38. The number of fused-ring (bicyclic) bond motifs is 1. The fraction of sp³-hybridized carbons (Fsp3) is 0.174. The number of pyridine rings is 1. The number of benzene rings is 2. The molecule has 0 unspecified atom stereocenters. The summed E-state index contributed by atoms with van der Waals surface area (Å²) in [5.74, 6) is -0.457. The highest BCUT2D eigenvalue weighted by atomic mass is 16.5. The van der Waals surface area contributed by atoms with Crippen LogP contribution in [0.5, 0.6) is 0 Å². The molecule has 2 aromatic carbocycles. The SMILES string of the molecule is CCOC(=O)c1ccc(N[C@H]2c3ncccc3C(=O)N2c2ccc(C)cc2)cc1. The molecule has 0 bridgehead atoms. The van der Waals surface area contributed by atoms with Gasteiger partial charge in [-0.1, -0.05) is 17.7 Å². The third-order valence-corrected chi connectivity index (χ3v) is 4.82. The van der Waals surface area contributed by atoms with E-state index >= 15 is 0 Å². The number of carbonyl (C=O) groups excluding carboxylic acids is 2. The minimum Gasteiger partial charge on any atom is -0.462 e. The van der Waals surface area contributed by atoms with Crippen LogP contribution in [-0.4, -0.2) is 23.5 Å². The number of aromatic nitrogens is 1. The number of ether oxygens (including phenoxy) is 1. The molecule has 1 N–H and O–H groups in total. The summed E-state index contributed by atoms with van der Waals surface area (Å²) in [5, 5.41) is 3.38. The Hall–Kier alpha value is -3.67. The number of carbonyl (C=O) groups is 2. The quantitative estimate of drug-likeness (QED) is 0.660. The van der Waals surface area contributed by atoms with Crippen LogP contribution in [0.25, 0.3) is 0 Å². The normalized spacial score (nSPS) is 15.2. The van der Waals surface area contributed by atoms with Crippen molar-refractivity contribution in [2.75, 3.05) is 16.8 Å². The number of rotatable bonds is 5. The minimum absolute atomic E-state index is 0.0994. The van der Waals surface area contributed by atoms with Gasteiger partial charge in [-0.3, -0.25) is 14.7 Å². The molecule has 6 heteroatoms. The highest BCUT2D eigenvalue weighted by Crippen LogP contribution is 2.36. The summed E-state index contributed by atoms with van der Waals surface area (Å²) in [5.41, 5.74) is 4.41. The van der Waals surface area contributed by atoms with Crippen molar-refractivity contribution < 1.29 is 14.3 Å². The van der Waals surface area contributed by atoms with Gasteiger partial charge in [-0.2, -0.15) is 0 Å². The van der Waals surface area contributed by atoms with Crippen molar-refractivity contribution in [1.29, 1.82) is 0 Å². The van der Waals surface area contributed by atoms with Crippen molar-refractivity contribution >= 4 is 23.3 Å². The largest absolute Gasteiger partial charge is 0.462 e. The van der Waals surface area contributed by atoms with E-state index < -0.39 is 6.17 Å². The minimum atomic E-state index is -0.449. The van der Waals surface area contributed by atoms with Crippen molar-refractivity contribution in [1.82, 2.24) is 4.98 Å². The first-order valence-electron chi connectivity index (χ1n) is 9.47. The highest BCUT2D eigenvalue weighted by molar-refractivity contribution is 6.11. The van der Waals surface area contributed by atoms with Crippen LogP contribution in [0.4, 0.5) is 11.4 Å². The van der Waals surface area contributed by atoms with Crippen molar-refractivity contribution in [2.45, 2.75) is 20.0 Å². The predicted octanol–water partition coefficient (Wildman–Crippen LogP) is 4.34. The van der Waals surface area contributed by atoms with Crippen LogP contribution in [0.3, 0.4) is 0 Å². The summed E-state index contributed by atoms with van der Waals surface area (Å²) in [7, 11) is 0. The van der Waals surface area contributed by atoms with E-state index in [0.29, 0.717) is 23.4 Å². The Morgan fingerprint density at radius 2 is 1.83 bits per heavy atom. The van der Waals surface area contributed by atoms with Crippen molar-refractivity contribution in [2.24, 2.45) is 0 Å². The Morgan fingerprint density at radius 3 is 2.52 bits per heavy atom. The molecule has 29 heavy (non-hydrogen) atoms. The molecule has 4 rings (SSSR count). The fourth-order valence-corrected chi connectivity index (χ4v) is 3.36. The molecule has 0 aliphatic carbocycles. The topological polar surface area (TPSA) is 71.5 Å². The number of anilines is 2. The molecule has 6 nitrogen and oxygen atoms in total. The molecule has 1 aliphatic rings. The van der Waals surface area contributed by atoms with Crippen LogP contribution in [-0.2, 0) is 4.74 Å². The van der Waals surface area contributed by atoms with E-state index in [1.807, 2.05) is 31.2 Å².